The van der Waals surface area contributed by atoms with E-state index in [9.17, 15) is 8.78 Å². The first-order chi connectivity index (χ1) is 12.2. The third-order valence-electron chi connectivity index (χ3n) is 7.02. The van der Waals surface area contributed by atoms with Crippen LogP contribution in [-0.2, 0) is 0 Å². The van der Waals surface area contributed by atoms with E-state index in [-0.39, 0.29) is 0 Å². The van der Waals surface area contributed by atoms with Crippen molar-refractivity contribution in [2.75, 3.05) is 0 Å². The van der Waals surface area contributed by atoms with Gasteiger partial charge in [0.15, 0.2) is 0 Å². The van der Waals surface area contributed by atoms with Crippen LogP contribution >= 0.6 is 0 Å². The fourth-order valence-electron chi connectivity index (χ4n) is 5.31. The Morgan fingerprint density at radius 1 is 0.720 bits per heavy atom. The Hall–Kier alpha value is -0.400. The molecular weight excluding hydrogens is 314 g/mol. The zero-order chi connectivity index (χ0) is 17.9. The van der Waals surface area contributed by atoms with E-state index in [2.05, 4.69) is 6.92 Å². The largest absolute Gasteiger partial charge is 0.266 e. The Kier molecular flexibility index (Phi) is 10.1. The molecule has 2 saturated carbocycles. The van der Waals surface area contributed by atoms with Gasteiger partial charge in [-0.15, -0.1) is 0 Å². The third-order valence-corrected chi connectivity index (χ3v) is 7.02. The van der Waals surface area contributed by atoms with E-state index >= 15 is 0 Å². The molecule has 146 valence electrons. The smallest absolute Gasteiger partial charge is 0.174 e. The molecule has 0 heterocycles. The highest BCUT2D eigenvalue weighted by Gasteiger charge is 2.30. The lowest BCUT2D eigenvalue weighted by Crippen LogP contribution is -2.25. The second-order valence-corrected chi connectivity index (χ2v) is 8.85. The normalized spacial score (nSPS) is 30.2. The number of allylic oxidation sites excluding steroid dienone is 1. The highest BCUT2D eigenvalue weighted by Crippen LogP contribution is 2.43. The monoisotopic (exact) mass is 354 g/mol. The fraction of sp³-hybridized carbons (Fsp3) is 0.913. The van der Waals surface area contributed by atoms with Crippen LogP contribution in [0.1, 0.15) is 110 Å². The Labute approximate surface area is 154 Å². The first kappa shape index (κ1) is 20.9. The Bertz CT molecular complexity index is 356. The van der Waals surface area contributed by atoms with Crippen LogP contribution in [0.3, 0.4) is 0 Å². The first-order valence-electron chi connectivity index (χ1n) is 11.2. The zero-order valence-electron chi connectivity index (χ0n) is 16.5. The van der Waals surface area contributed by atoms with Crippen LogP contribution in [-0.4, -0.2) is 0 Å². The summed E-state index contributed by atoms with van der Waals surface area (Å²) in [5, 5.41) is 0. The van der Waals surface area contributed by atoms with Crippen LogP contribution in [0.4, 0.5) is 8.78 Å². The summed E-state index contributed by atoms with van der Waals surface area (Å²) in [5.74, 6) is 3.35. The molecule has 0 spiro atoms. The van der Waals surface area contributed by atoms with Gasteiger partial charge in [-0.05, 0) is 74.7 Å². The van der Waals surface area contributed by atoms with Crippen molar-refractivity contribution in [3.8, 4) is 0 Å². The topological polar surface area (TPSA) is 0 Å². The predicted molar refractivity (Wildman–Crippen MR) is 104 cm³/mol. The van der Waals surface area contributed by atoms with Crippen LogP contribution in [0.25, 0.3) is 0 Å². The van der Waals surface area contributed by atoms with Crippen LogP contribution in [0.2, 0.25) is 0 Å². The molecule has 0 bridgehead atoms. The number of rotatable bonds is 10. The maximum atomic E-state index is 12.2. The van der Waals surface area contributed by atoms with Gasteiger partial charge in [0.1, 0.15) is 0 Å². The Morgan fingerprint density at radius 2 is 1.24 bits per heavy atom. The summed E-state index contributed by atoms with van der Waals surface area (Å²) in [7, 11) is 0. The molecule has 2 aliphatic rings. The lowest BCUT2D eigenvalue weighted by Gasteiger charge is -2.37. The van der Waals surface area contributed by atoms with Gasteiger partial charge >= 0.3 is 0 Å². The van der Waals surface area contributed by atoms with Crippen LogP contribution in [0, 0.1) is 23.7 Å². The second kappa shape index (κ2) is 12.1. The average Bonchev–Trinajstić information content (AvgIpc) is 2.64. The standard InChI is InChI=1S/C23H40F2/c1-2-3-4-5-6-7-8-19-9-14-21(15-10-19)22-16-11-20(12-17-22)13-18-23(24)25/h18-22H,2-17H2,1H3/t19-,20-,21-,22-. The summed E-state index contributed by atoms with van der Waals surface area (Å²) in [4.78, 5) is 0. The minimum absolute atomic E-state index is 0.516. The maximum Gasteiger partial charge on any atom is 0.266 e. The molecule has 0 saturated heterocycles. The molecule has 0 unspecified atom stereocenters. The molecule has 2 aliphatic carbocycles. The zero-order valence-corrected chi connectivity index (χ0v) is 16.5. The van der Waals surface area contributed by atoms with Gasteiger partial charge in [-0.1, -0.05) is 64.7 Å². The summed E-state index contributed by atoms with van der Waals surface area (Å²) < 4.78 is 24.4. The fourth-order valence-corrected chi connectivity index (χ4v) is 5.31. The van der Waals surface area contributed by atoms with Gasteiger partial charge in [0, 0.05) is 0 Å². The van der Waals surface area contributed by atoms with Gasteiger partial charge in [0.05, 0.1) is 0 Å². The molecule has 0 N–H and O–H groups in total. The number of halogens is 2. The molecule has 0 aliphatic heterocycles. The summed E-state index contributed by atoms with van der Waals surface area (Å²) >= 11 is 0. The van der Waals surface area contributed by atoms with E-state index in [4.69, 9.17) is 0 Å². The van der Waals surface area contributed by atoms with Crippen molar-refractivity contribution < 1.29 is 8.78 Å². The molecule has 0 aromatic rings. The molecule has 0 radical (unpaired) electrons. The number of hydrogen-bond acceptors (Lipinski definition) is 0. The first-order valence-corrected chi connectivity index (χ1v) is 11.2. The molecule has 25 heavy (non-hydrogen) atoms. The van der Waals surface area contributed by atoms with E-state index in [1.165, 1.54) is 96.3 Å². The van der Waals surface area contributed by atoms with E-state index < -0.39 is 6.08 Å². The second-order valence-electron chi connectivity index (χ2n) is 8.85. The summed E-state index contributed by atoms with van der Waals surface area (Å²) in [6.45, 7) is 2.28. The lowest BCUT2D eigenvalue weighted by molar-refractivity contribution is 0.143. The molecule has 0 amide bonds. The SMILES string of the molecule is CCCCCCCC[C@H]1CC[C@H]([C@H]2CC[C@H](CC=C(F)F)CC2)CC1. The van der Waals surface area contributed by atoms with Crippen molar-refractivity contribution in [1.29, 1.82) is 0 Å². The number of unbranched alkanes of at least 4 members (excludes halogenated alkanes) is 5. The highest BCUT2D eigenvalue weighted by molar-refractivity contribution is 4.87. The van der Waals surface area contributed by atoms with Gasteiger partial charge in [-0.2, -0.15) is 8.78 Å². The molecule has 0 aromatic heterocycles. The minimum Gasteiger partial charge on any atom is -0.174 e. The quantitative estimate of drug-likeness (QED) is 0.345. The van der Waals surface area contributed by atoms with E-state index in [0.29, 0.717) is 12.3 Å². The van der Waals surface area contributed by atoms with E-state index in [0.717, 1.165) is 23.8 Å². The van der Waals surface area contributed by atoms with E-state index in [1.54, 1.807) is 0 Å². The lowest BCUT2D eigenvalue weighted by atomic mass is 9.68. The Balaban J connectivity index is 1.54. The van der Waals surface area contributed by atoms with Crippen molar-refractivity contribution in [2.45, 2.75) is 110 Å². The van der Waals surface area contributed by atoms with Crippen LogP contribution in [0.5, 0.6) is 0 Å². The number of hydrogen-bond donors (Lipinski definition) is 0. The van der Waals surface area contributed by atoms with Crippen LogP contribution in [0.15, 0.2) is 12.2 Å². The third kappa shape index (κ3) is 8.22. The predicted octanol–water partition coefficient (Wildman–Crippen LogP) is 8.52. The average molecular weight is 355 g/mol. The highest BCUT2D eigenvalue weighted by atomic mass is 19.3. The maximum absolute atomic E-state index is 12.2. The van der Waals surface area contributed by atoms with Gasteiger partial charge in [0.25, 0.3) is 6.08 Å². The van der Waals surface area contributed by atoms with Crippen molar-refractivity contribution in [1.82, 2.24) is 0 Å². The molecule has 2 rings (SSSR count). The molecule has 2 heteroatoms. The van der Waals surface area contributed by atoms with E-state index in [1.807, 2.05) is 0 Å². The van der Waals surface area contributed by atoms with Crippen LogP contribution < -0.4 is 0 Å². The van der Waals surface area contributed by atoms with Crippen molar-refractivity contribution >= 4 is 0 Å². The summed E-state index contributed by atoms with van der Waals surface area (Å²) in [6.07, 6.45) is 20.9. The summed E-state index contributed by atoms with van der Waals surface area (Å²) in [5.41, 5.74) is 0. The van der Waals surface area contributed by atoms with Gasteiger partial charge < -0.3 is 0 Å². The summed E-state index contributed by atoms with van der Waals surface area (Å²) in [6, 6.07) is 0. The molecule has 2 fully saturated rings. The van der Waals surface area contributed by atoms with Gasteiger partial charge in [-0.25, -0.2) is 0 Å². The van der Waals surface area contributed by atoms with Crippen molar-refractivity contribution in [2.24, 2.45) is 23.7 Å². The minimum atomic E-state index is -1.49. The van der Waals surface area contributed by atoms with Crippen molar-refractivity contribution in [3.05, 3.63) is 12.2 Å². The molecular formula is C23H40F2. The molecule has 0 nitrogen and oxygen atoms in total. The van der Waals surface area contributed by atoms with Gasteiger partial charge in [-0.3, -0.25) is 0 Å². The molecule has 0 atom stereocenters. The Morgan fingerprint density at radius 3 is 1.80 bits per heavy atom. The molecule has 0 aromatic carbocycles. The van der Waals surface area contributed by atoms with Crippen molar-refractivity contribution in [3.63, 3.8) is 0 Å². The van der Waals surface area contributed by atoms with Gasteiger partial charge in [0.2, 0.25) is 0 Å².